The normalized spacial score (nSPS) is 11.2. The molecule has 3 nitrogen and oxygen atoms in total. The number of nitrogens with one attached hydrogen (secondary N) is 1. The SMILES string of the molecule is CCN(C(=O)NCC(F)(F)F)c1ccccc1C. The van der Waals surface area contributed by atoms with Crippen LogP contribution in [-0.4, -0.2) is 25.3 Å². The summed E-state index contributed by atoms with van der Waals surface area (Å²) in [5.74, 6) is 0. The maximum Gasteiger partial charge on any atom is 0.405 e. The number of halogens is 3. The Morgan fingerprint density at radius 2 is 1.94 bits per heavy atom. The highest BCUT2D eigenvalue weighted by Gasteiger charge is 2.29. The van der Waals surface area contributed by atoms with Gasteiger partial charge in [0.1, 0.15) is 6.54 Å². The molecule has 1 rings (SSSR count). The molecule has 0 saturated carbocycles. The van der Waals surface area contributed by atoms with Crippen LogP contribution in [0.4, 0.5) is 23.7 Å². The number of alkyl halides is 3. The average Bonchev–Trinajstić information content (AvgIpc) is 2.29. The van der Waals surface area contributed by atoms with Gasteiger partial charge in [-0.05, 0) is 25.5 Å². The Morgan fingerprint density at radius 1 is 1.33 bits per heavy atom. The summed E-state index contributed by atoms with van der Waals surface area (Å²) in [4.78, 5) is 13.0. The van der Waals surface area contributed by atoms with Crippen molar-refractivity contribution >= 4 is 11.7 Å². The molecule has 0 radical (unpaired) electrons. The predicted octanol–water partition coefficient (Wildman–Crippen LogP) is 3.09. The minimum atomic E-state index is -4.40. The number of para-hydroxylation sites is 1. The van der Waals surface area contributed by atoms with Gasteiger partial charge in [-0.3, -0.25) is 4.90 Å². The number of urea groups is 1. The highest BCUT2D eigenvalue weighted by Crippen LogP contribution is 2.19. The topological polar surface area (TPSA) is 32.3 Å². The van der Waals surface area contributed by atoms with Crippen molar-refractivity contribution in [3.63, 3.8) is 0 Å². The van der Waals surface area contributed by atoms with E-state index >= 15 is 0 Å². The van der Waals surface area contributed by atoms with E-state index in [9.17, 15) is 18.0 Å². The summed E-state index contributed by atoms with van der Waals surface area (Å²) in [5, 5.41) is 1.86. The molecule has 18 heavy (non-hydrogen) atoms. The van der Waals surface area contributed by atoms with Crippen molar-refractivity contribution < 1.29 is 18.0 Å². The molecule has 0 aromatic heterocycles. The van der Waals surface area contributed by atoms with Crippen molar-refractivity contribution in [2.45, 2.75) is 20.0 Å². The van der Waals surface area contributed by atoms with Gasteiger partial charge in [0.05, 0.1) is 0 Å². The first kappa shape index (κ1) is 14.3. The first-order valence-electron chi connectivity index (χ1n) is 5.53. The van der Waals surface area contributed by atoms with E-state index in [0.29, 0.717) is 12.2 Å². The van der Waals surface area contributed by atoms with Crippen LogP contribution in [0.1, 0.15) is 12.5 Å². The standard InChI is InChI=1S/C12H15F3N2O/c1-3-17(10-7-5-4-6-9(10)2)11(18)16-8-12(13,14)15/h4-7H,3,8H2,1-2H3,(H,16,18). The number of hydrogen-bond donors (Lipinski definition) is 1. The predicted molar refractivity (Wildman–Crippen MR) is 63.7 cm³/mol. The molecule has 2 amide bonds. The second kappa shape index (κ2) is 5.75. The average molecular weight is 260 g/mol. The zero-order valence-electron chi connectivity index (χ0n) is 10.2. The summed E-state index contributed by atoms with van der Waals surface area (Å²) in [6.45, 7) is 2.48. The quantitative estimate of drug-likeness (QED) is 0.889. The molecule has 100 valence electrons. The van der Waals surface area contributed by atoms with E-state index in [1.165, 1.54) is 4.90 Å². The van der Waals surface area contributed by atoms with Crippen molar-refractivity contribution in [2.24, 2.45) is 0 Å². The van der Waals surface area contributed by atoms with Gasteiger partial charge >= 0.3 is 12.2 Å². The molecule has 0 saturated heterocycles. The number of anilines is 1. The number of carbonyl (C=O) groups excluding carboxylic acids is 1. The Balaban J connectivity index is 2.78. The molecule has 0 spiro atoms. The number of benzene rings is 1. The van der Waals surface area contributed by atoms with E-state index in [0.717, 1.165) is 5.56 Å². The molecule has 1 aromatic carbocycles. The van der Waals surface area contributed by atoms with Crippen LogP contribution in [0.5, 0.6) is 0 Å². The Labute approximate surface area is 104 Å². The fourth-order valence-corrected chi connectivity index (χ4v) is 1.56. The van der Waals surface area contributed by atoms with Crippen LogP contribution in [0.25, 0.3) is 0 Å². The molecular formula is C12H15F3N2O. The molecule has 0 heterocycles. The van der Waals surface area contributed by atoms with Crippen LogP contribution in [0.2, 0.25) is 0 Å². The molecule has 6 heteroatoms. The number of hydrogen-bond acceptors (Lipinski definition) is 1. The Kier molecular flexibility index (Phi) is 4.58. The van der Waals surface area contributed by atoms with E-state index < -0.39 is 18.8 Å². The zero-order chi connectivity index (χ0) is 13.8. The zero-order valence-corrected chi connectivity index (χ0v) is 10.2. The third-order valence-electron chi connectivity index (χ3n) is 2.41. The van der Waals surface area contributed by atoms with Crippen molar-refractivity contribution in [2.75, 3.05) is 18.0 Å². The van der Waals surface area contributed by atoms with E-state index in [4.69, 9.17) is 0 Å². The molecule has 1 N–H and O–H groups in total. The van der Waals surface area contributed by atoms with Gasteiger partial charge in [-0.15, -0.1) is 0 Å². The summed E-state index contributed by atoms with van der Waals surface area (Å²) in [5.41, 5.74) is 1.45. The van der Waals surface area contributed by atoms with Gasteiger partial charge in [-0.25, -0.2) is 4.79 Å². The van der Waals surface area contributed by atoms with Crippen LogP contribution in [0.15, 0.2) is 24.3 Å². The third-order valence-corrected chi connectivity index (χ3v) is 2.41. The fraction of sp³-hybridized carbons (Fsp3) is 0.417. The van der Waals surface area contributed by atoms with Gasteiger partial charge in [0, 0.05) is 12.2 Å². The first-order chi connectivity index (χ1) is 8.35. The minimum absolute atomic E-state index is 0.300. The number of rotatable bonds is 3. The summed E-state index contributed by atoms with van der Waals surface area (Å²) < 4.78 is 36.1. The van der Waals surface area contributed by atoms with Crippen LogP contribution in [0, 0.1) is 6.92 Å². The fourth-order valence-electron chi connectivity index (χ4n) is 1.56. The Hall–Kier alpha value is -1.72. The maximum absolute atomic E-state index is 12.0. The monoisotopic (exact) mass is 260 g/mol. The number of amides is 2. The molecule has 0 aliphatic rings. The molecule has 1 aromatic rings. The molecule has 0 aliphatic carbocycles. The second-order valence-corrected chi connectivity index (χ2v) is 3.80. The van der Waals surface area contributed by atoms with E-state index in [-0.39, 0.29) is 0 Å². The Bertz CT molecular complexity index is 418. The van der Waals surface area contributed by atoms with Crippen LogP contribution >= 0.6 is 0 Å². The van der Waals surface area contributed by atoms with E-state index in [2.05, 4.69) is 0 Å². The largest absolute Gasteiger partial charge is 0.405 e. The molecule has 0 atom stereocenters. The molecular weight excluding hydrogens is 245 g/mol. The lowest BCUT2D eigenvalue weighted by Gasteiger charge is -2.23. The minimum Gasteiger partial charge on any atom is -0.329 e. The molecule has 0 unspecified atom stereocenters. The van der Waals surface area contributed by atoms with Gasteiger partial charge in [-0.1, -0.05) is 18.2 Å². The maximum atomic E-state index is 12.0. The summed E-state index contributed by atoms with van der Waals surface area (Å²) in [6, 6.07) is 6.30. The molecule has 0 fully saturated rings. The lowest BCUT2D eigenvalue weighted by molar-refractivity contribution is -0.122. The molecule has 0 bridgehead atoms. The van der Waals surface area contributed by atoms with Crippen molar-refractivity contribution in [1.29, 1.82) is 0 Å². The smallest absolute Gasteiger partial charge is 0.329 e. The third kappa shape index (κ3) is 3.94. The van der Waals surface area contributed by atoms with Gasteiger partial charge in [0.2, 0.25) is 0 Å². The highest BCUT2D eigenvalue weighted by atomic mass is 19.4. The van der Waals surface area contributed by atoms with Crippen LogP contribution < -0.4 is 10.2 Å². The van der Waals surface area contributed by atoms with Gasteiger partial charge < -0.3 is 5.32 Å². The van der Waals surface area contributed by atoms with Crippen molar-refractivity contribution in [3.8, 4) is 0 Å². The van der Waals surface area contributed by atoms with Crippen molar-refractivity contribution in [1.82, 2.24) is 5.32 Å². The van der Waals surface area contributed by atoms with E-state index in [1.807, 2.05) is 5.32 Å². The van der Waals surface area contributed by atoms with Crippen LogP contribution in [0.3, 0.4) is 0 Å². The van der Waals surface area contributed by atoms with E-state index in [1.54, 1.807) is 38.1 Å². The summed E-state index contributed by atoms with van der Waals surface area (Å²) >= 11 is 0. The first-order valence-corrected chi connectivity index (χ1v) is 5.53. The summed E-state index contributed by atoms with van der Waals surface area (Å²) in [7, 11) is 0. The second-order valence-electron chi connectivity index (χ2n) is 3.80. The lowest BCUT2D eigenvalue weighted by atomic mass is 10.2. The molecule has 0 aliphatic heterocycles. The van der Waals surface area contributed by atoms with Gasteiger partial charge in [0.15, 0.2) is 0 Å². The number of nitrogens with zero attached hydrogens (tertiary/aromatic N) is 1. The Morgan fingerprint density at radius 3 is 2.44 bits per heavy atom. The highest BCUT2D eigenvalue weighted by molar-refractivity contribution is 5.92. The lowest BCUT2D eigenvalue weighted by Crippen LogP contribution is -2.44. The van der Waals surface area contributed by atoms with Crippen molar-refractivity contribution in [3.05, 3.63) is 29.8 Å². The number of aryl methyl sites for hydroxylation is 1. The van der Waals surface area contributed by atoms with Gasteiger partial charge in [0.25, 0.3) is 0 Å². The van der Waals surface area contributed by atoms with Gasteiger partial charge in [-0.2, -0.15) is 13.2 Å². The van der Waals surface area contributed by atoms with Crippen LogP contribution in [-0.2, 0) is 0 Å². The number of carbonyl (C=O) groups is 1. The summed E-state index contributed by atoms with van der Waals surface area (Å²) in [6.07, 6.45) is -4.40.